The van der Waals surface area contributed by atoms with E-state index in [-0.39, 0.29) is 5.91 Å². The Bertz CT molecular complexity index is 668. The second kappa shape index (κ2) is 6.53. The molecular weight excluding hydrogens is 300 g/mol. The predicted octanol–water partition coefficient (Wildman–Crippen LogP) is 4.40. The van der Waals surface area contributed by atoms with Gasteiger partial charge in [-0.3, -0.25) is 4.79 Å². The van der Waals surface area contributed by atoms with Gasteiger partial charge in [0.1, 0.15) is 0 Å². The van der Waals surface area contributed by atoms with Gasteiger partial charge in [-0.2, -0.15) is 0 Å². The molecule has 3 rings (SSSR count). The van der Waals surface area contributed by atoms with Gasteiger partial charge < -0.3 is 9.42 Å². The summed E-state index contributed by atoms with van der Waals surface area (Å²) in [5.41, 5.74) is 1.19. The lowest BCUT2D eigenvalue weighted by Crippen LogP contribution is -2.43. The van der Waals surface area contributed by atoms with Crippen LogP contribution in [0.2, 0.25) is 5.02 Å². The number of rotatable bonds is 3. The van der Waals surface area contributed by atoms with Gasteiger partial charge in [-0.15, -0.1) is 0 Å². The molecule has 1 aromatic heterocycles. The molecule has 22 heavy (non-hydrogen) atoms. The van der Waals surface area contributed by atoms with Crippen molar-refractivity contribution in [1.82, 2.24) is 10.1 Å². The lowest BCUT2D eigenvalue weighted by molar-refractivity contribution is 0.0597. The summed E-state index contributed by atoms with van der Waals surface area (Å²) in [7, 11) is 0. The van der Waals surface area contributed by atoms with E-state index in [0.717, 1.165) is 31.4 Å². The molecule has 116 valence electrons. The minimum Gasteiger partial charge on any atom is -0.355 e. The third-order valence-corrected chi connectivity index (χ3v) is 4.43. The van der Waals surface area contributed by atoms with Crippen molar-refractivity contribution in [3.8, 4) is 11.3 Å². The molecule has 1 atom stereocenters. The molecule has 1 fully saturated rings. The molecule has 1 aromatic carbocycles. The van der Waals surface area contributed by atoms with Gasteiger partial charge in [0.25, 0.3) is 5.91 Å². The summed E-state index contributed by atoms with van der Waals surface area (Å²) in [6.07, 6.45) is 4.29. The molecule has 1 aliphatic rings. The van der Waals surface area contributed by atoms with Crippen molar-refractivity contribution < 1.29 is 9.32 Å². The average Bonchev–Trinajstić information content (AvgIpc) is 3.04. The van der Waals surface area contributed by atoms with Crippen LogP contribution in [-0.2, 0) is 0 Å². The molecule has 5 heteroatoms. The van der Waals surface area contributed by atoms with E-state index in [1.807, 2.05) is 17.0 Å². The predicted molar refractivity (Wildman–Crippen MR) is 85.9 cm³/mol. The Labute approximate surface area is 135 Å². The number of halogens is 1. The zero-order chi connectivity index (χ0) is 15.5. The number of amides is 1. The summed E-state index contributed by atoms with van der Waals surface area (Å²) in [5.74, 6) is 0.527. The highest BCUT2D eigenvalue weighted by Gasteiger charge is 2.28. The van der Waals surface area contributed by atoms with Crippen molar-refractivity contribution in [2.45, 2.75) is 38.6 Å². The van der Waals surface area contributed by atoms with Crippen LogP contribution < -0.4 is 0 Å². The van der Waals surface area contributed by atoms with Crippen LogP contribution >= 0.6 is 11.6 Å². The van der Waals surface area contributed by atoms with Gasteiger partial charge in [-0.25, -0.2) is 0 Å². The molecule has 0 spiro atoms. The van der Waals surface area contributed by atoms with E-state index in [4.69, 9.17) is 16.1 Å². The first-order valence-electron chi connectivity index (χ1n) is 7.72. The number of likely N-dealkylation sites (tertiary alicyclic amines) is 1. The smallest absolute Gasteiger partial charge is 0.276 e. The maximum Gasteiger partial charge on any atom is 0.276 e. The summed E-state index contributed by atoms with van der Waals surface area (Å²) in [4.78, 5) is 14.6. The van der Waals surface area contributed by atoms with Crippen molar-refractivity contribution in [3.63, 3.8) is 0 Å². The van der Waals surface area contributed by atoms with E-state index in [0.29, 0.717) is 22.5 Å². The van der Waals surface area contributed by atoms with Crippen LogP contribution in [0.1, 0.15) is 43.1 Å². The Morgan fingerprint density at radius 1 is 1.41 bits per heavy atom. The van der Waals surface area contributed by atoms with Crippen LogP contribution in [0, 0.1) is 0 Å². The highest BCUT2D eigenvalue weighted by Crippen LogP contribution is 2.26. The molecule has 2 aromatic rings. The summed E-state index contributed by atoms with van der Waals surface area (Å²) >= 11 is 5.99. The van der Waals surface area contributed by atoms with Gasteiger partial charge in [0.2, 0.25) is 0 Å². The van der Waals surface area contributed by atoms with E-state index in [1.165, 1.54) is 6.42 Å². The second-order valence-electron chi connectivity index (χ2n) is 5.64. The van der Waals surface area contributed by atoms with Crippen LogP contribution in [0.3, 0.4) is 0 Å². The number of aromatic nitrogens is 1. The monoisotopic (exact) mass is 318 g/mol. The maximum atomic E-state index is 12.7. The molecule has 4 nitrogen and oxygen atoms in total. The Morgan fingerprint density at radius 2 is 2.27 bits per heavy atom. The van der Waals surface area contributed by atoms with Gasteiger partial charge in [0.05, 0.1) is 0 Å². The zero-order valence-electron chi connectivity index (χ0n) is 12.6. The van der Waals surface area contributed by atoms with Crippen LogP contribution in [0.25, 0.3) is 11.3 Å². The highest BCUT2D eigenvalue weighted by molar-refractivity contribution is 6.30. The zero-order valence-corrected chi connectivity index (χ0v) is 13.3. The largest absolute Gasteiger partial charge is 0.355 e. The standard InChI is InChI=1S/C17H19ClN2O2/c1-2-14-8-3-4-9-20(14)17(21)15-11-16(22-19-15)12-6-5-7-13(18)10-12/h5-7,10-11,14H,2-4,8-9H2,1H3. The van der Waals surface area contributed by atoms with Crippen molar-refractivity contribution in [2.75, 3.05) is 6.54 Å². The number of carbonyl (C=O) groups excluding carboxylic acids is 1. The minimum atomic E-state index is -0.0384. The third-order valence-electron chi connectivity index (χ3n) is 4.20. The number of benzene rings is 1. The first-order chi connectivity index (χ1) is 10.7. The Hall–Kier alpha value is -1.81. The summed E-state index contributed by atoms with van der Waals surface area (Å²) in [5, 5.41) is 4.59. The summed E-state index contributed by atoms with van der Waals surface area (Å²) < 4.78 is 5.33. The Balaban J connectivity index is 1.82. The summed E-state index contributed by atoms with van der Waals surface area (Å²) in [6.45, 7) is 2.92. The van der Waals surface area contributed by atoms with Gasteiger partial charge in [-0.1, -0.05) is 35.8 Å². The van der Waals surface area contributed by atoms with Crippen LogP contribution in [0.15, 0.2) is 34.9 Å². The van der Waals surface area contributed by atoms with Crippen LogP contribution in [0.5, 0.6) is 0 Å². The molecule has 0 saturated carbocycles. The van der Waals surface area contributed by atoms with Gasteiger partial charge >= 0.3 is 0 Å². The quantitative estimate of drug-likeness (QED) is 0.842. The lowest BCUT2D eigenvalue weighted by atomic mass is 9.99. The molecule has 0 radical (unpaired) electrons. The number of hydrogen-bond acceptors (Lipinski definition) is 3. The van der Waals surface area contributed by atoms with Crippen molar-refractivity contribution in [3.05, 3.63) is 41.0 Å². The fourth-order valence-corrected chi connectivity index (χ4v) is 3.18. The number of carbonyl (C=O) groups is 1. The maximum absolute atomic E-state index is 12.7. The highest BCUT2D eigenvalue weighted by atomic mass is 35.5. The van der Waals surface area contributed by atoms with Gasteiger partial charge in [0.15, 0.2) is 11.5 Å². The van der Waals surface area contributed by atoms with Crippen molar-refractivity contribution in [2.24, 2.45) is 0 Å². The van der Waals surface area contributed by atoms with E-state index in [1.54, 1.807) is 18.2 Å². The molecular formula is C17H19ClN2O2. The molecule has 0 N–H and O–H groups in total. The second-order valence-corrected chi connectivity index (χ2v) is 6.08. The minimum absolute atomic E-state index is 0.0384. The number of nitrogens with zero attached hydrogens (tertiary/aromatic N) is 2. The van der Waals surface area contributed by atoms with E-state index in [9.17, 15) is 4.79 Å². The van der Waals surface area contributed by atoms with Crippen LogP contribution in [-0.4, -0.2) is 28.6 Å². The summed E-state index contributed by atoms with van der Waals surface area (Å²) in [6, 6.07) is 9.34. The molecule has 1 amide bonds. The first kappa shape index (κ1) is 15.1. The average molecular weight is 319 g/mol. The molecule has 0 bridgehead atoms. The molecule has 0 aliphatic carbocycles. The fraction of sp³-hybridized carbons (Fsp3) is 0.412. The van der Waals surface area contributed by atoms with Gasteiger partial charge in [0, 0.05) is 29.2 Å². The first-order valence-corrected chi connectivity index (χ1v) is 8.10. The molecule has 1 unspecified atom stereocenters. The normalized spacial score (nSPS) is 18.5. The topological polar surface area (TPSA) is 46.3 Å². The number of piperidine rings is 1. The van der Waals surface area contributed by atoms with Crippen molar-refractivity contribution in [1.29, 1.82) is 0 Å². The fourth-order valence-electron chi connectivity index (χ4n) is 2.99. The molecule has 1 aliphatic heterocycles. The lowest BCUT2D eigenvalue weighted by Gasteiger charge is -2.34. The molecule has 2 heterocycles. The Morgan fingerprint density at radius 3 is 3.05 bits per heavy atom. The van der Waals surface area contributed by atoms with E-state index < -0.39 is 0 Å². The Kier molecular flexibility index (Phi) is 4.48. The van der Waals surface area contributed by atoms with Gasteiger partial charge in [-0.05, 0) is 37.8 Å². The van der Waals surface area contributed by atoms with Crippen LogP contribution in [0.4, 0.5) is 0 Å². The van der Waals surface area contributed by atoms with E-state index in [2.05, 4.69) is 12.1 Å². The van der Waals surface area contributed by atoms with E-state index >= 15 is 0 Å². The number of hydrogen-bond donors (Lipinski definition) is 0. The van der Waals surface area contributed by atoms with Crippen molar-refractivity contribution >= 4 is 17.5 Å². The SMILES string of the molecule is CCC1CCCCN1C(=O)c1cc(-c2cccc(Cl)c2)on1. The molecule has 1 saturated heterocycles. The third kappa shape index (κ3) is 3.02.